The standard InChI is InChI=1S/C14H22N2O3/c17-12(18)9-14(7-4-8-14)16-13(19)15-10-11-5-2-1-3-6-11/h1-2,11H,3-10H2,(H,17,18)(H2,15,16,19). The minimum Gasteiger partial charge on any atom is -0.481 e. The van der Waals surface area contributed by atoms with Gasteiger partial charge in [0.1, 0.15) is 0 Å². The zero-order valence-electron chi connectivity index (χ0n) is 11.2. The molecule has 5 heteroatoms. The van der Waals surface area contributed by atoms with Crippen molar-refractivity contribution in [3.63, 3.8) is 0 Å². The van der Waals surface area contributed by atoms with E-state index < -0.39 is 11.5 Å². The molecule has 2 aliphatic rings. The Bertz CT molecular complexity index is 375. The smallest absolute Gasteiger partial charge is 0.315 e. The van der Waals surface area contributed by atoms with Crippen LogP contribution in [0.2, 0.25) is 0 Å². The molecule has 0 radical (unpaired) electrons. The first kappa shape index (κ1) is 13.9. The Morgan fingerprint density at radius 2 is 2.11 bits per heavy atom. The molecule has 106 valence electrons. The first-order chi connectivity index (χ1) is 9.10. The van der Waals surface area contributed by atoms with Gasteiger partial charge in [-0.15, -0.1) is 0 Å². The molecule has 1 fully saturated rings. The summed E-state index contributed by atoms with van der Waals surface area (Å²) in [6.07, 6.45) is 10.1. The fourth-order valence-corrected chi connectivity index (χ4v) is 2.80. The number of urea groups is 1. The summed E-state index contributed by atoms with van der Waals surface area (Å²) in [6, 6.07) is -0.226. The molecule has 2 aliphatic carbocycles. The van der Waals surface area contributed by atoms with Gasteiger partial charge in [0.15, 0.2) is 0 Å². The Labute approximate surface area is 113 Å². The summed E-state index contributed by atoms with van der Waals surface area (Å²) in [5.41, 5.74) is -0.512. The SMILES string of the molecule is O=C(O)CC1(NC(=O)NCC2CC=CCC2)CCC1. The largest absolute Gasteiger partial charge is 0.481 e. The molecule has 0 aromatic rings. The first-order valence-electron chi connectivity index (χ1n) is 7.02. The number of nitrogens with one attached hydrogen (secondary N) is 2. The van der Waals surface area contributed by atoms with E-state index in [-0.39, 0.29) is 12.5 Å². The van der Waals surface area contributed by atoms with Crippen molar-refractivity contribution in [2.24, 2.45) is 5.92 Å². The third-order valence-electron chi connectivity index (χ3n) is 4.11. The number of carbonyl (C=O) groups is 2. The average Bonchev–Trinajstić information content (AvgIpc) is 2.34. The highest BCUT2D eigenvalue weighted by atomic mass is 16.4. The van der Waals surface area contributed by atoms with Gasteiger partial charge in [-0.3, -0.25) is 4.79 Å². The van der Waals surface area contributed by atoms with Crippen LogP contribution in [0.5, 0.6) is 0 Å². The molecule has 5 nitrogen and oxygen atoms in total. The van der Waals surface area contributed by atoms with Crippen LogP contribution in [0, 0.1) is 5.92 Å². The van der Waals surface area contributed by atoms with Gasteiger partial charge in [-0.25, -0.2) is 4.79 Å². The minimum absolute atomic E-state index is 0.0204. The highest BCUT2D eigenvalue weighted by Gasteiger charge is 2.40. The number of carboxylic acids is 1. The predicted octanol–water partition coefficient (Wildman–Crippen LogP) is 2.04. The van der Waals surface area contributed by atoms with Gasteiger partial charge in [-0.2, -0.15) is 0 Å². The molecule has 2 amide bonds. The van der Waals surface area contributed by atoms with Crippen molar-refractivity contribution in [3.05, 3.63) is 12.2 Å². The van der Waals surface area contributed by atoms with Gasteiger partial charge >= 0.3 is 12.0 Å². The minimum atomic E-state index is -0.850. The zero-order chi connectivity index (χ0) is 13.7. The Kier molecular flexibility index (Phi) is 4.45. The maximum Gasteiger partial charge on any atom is 0.315 e. The molecule has 0 saturated heterocycles. The molecule has 0 heterocycles. The monoisotopic (exact) mass is 266 g/mol. The molecular weight excluding hydrogens is 244 g/mol. The van der Waals surface area contributed by atoms with E-state index in [1.807, 2.05) is 0 Å². The summed E-state index contributed by atoms with van der Waals surface area (Å²) in [5, 5.41) is 14.6. The molecule has 0 aromatic heterocycles. The van der Waals surface area contributed by atoms with E-state index in [4.69, 9.17) is 5.11 Å². The van der Waals surface area contributed by atoms with Gasteiger partial charge in [-0.1, -0.05) is 12.2 Å². The summed E-state index contributed by atoms with van der Waals surface area (Å²) in [7, 11) is 0. The van der Waals surface area contributed by atoms with Crippen LogP contribution >= 0.6 is 0 Å². The molecule has 0 spiro atoms. The third-order valence-corrected chi connectivity index (χ3v) is 4.11. The summed E-state index contributed by atoms with van der Waals surface area (Å²) in [6.45, 7) is 0.666. The number of aliphatic carboxylic acids is 1. The molecule has 1 saturated carbocycles. The first-order valence-corrected chi connectivity index (χ1v) is 7.02. The lowest BCUT2D eigenvalue weighted by Gasteiger charge is -2.41. The Morgan fingerprint density at radius 3 is 2.63 bits per heavy atom. The Morgan fingerprint density at radius 1 is 1.32 bits per heavy atom. The molecule has 2 rings (SSSR count). The normalized spacial score (nSPS) is 24.3. The second kappa shape index (κ2) is 6.08. The summed E-state index contributed by atoms with van der Waals surface area (Å²) in [5.74, 6) is -0.343. The van der Waals surface area contributed by atoms with Crippen LogP contribution in [-0.2, 0) is 4.79 Å². The van der Waals surface area contributed by atoms with Crippen LogP contribution in [-0.4, -0.2) is 29.2 Å². The van der Waals surface area contributed by atoms with E-state index in [0.717, 1.165) is 38.5 Å². The number of carbonyl (C=O) groups excluding carboxylic acids is 1. The molecule has 0 aromatic carbocycles. The maximum absolute atomic E-state index is 11.8. The average molecular weight is 266 g/mol. The fraction of sp³-hybridized carbons (Fsp3) is 0.714. The van der Waals surface area contributed by atoms with E-state index in [1.165, 1.54) is 0 Å². The van der Waals surface area contributed by atoms with Crippen LogP contribution in [0.3, 0.4) is 0 Å². The van der Waals surface area contributed by atoms with Gasteiger partial charge in [0, 0.05) is 6.54 Å². The lowest BCUT2D eigenvalue weighted by Crippen LogP contribution is -2.57. The van der Waals surface area contributed by atoms with E-state index in [1.54, 1.807) is 0 Å². The summed E-state index contributed by atoms with van der Waals surface area (Å²) >= 11 is 0. The highest BCUT2D eigenvalue weighted by molar-refractivity contribution is 5.77. The number of hydrogen-bond acceptors (Lipinski definition) is 2. The van der Waals surface area contributed by atoms with Crippen LogP contribution in [0.1, 0.15) is 44.9 Å². The van der Waals surface area contributed by atoms with Gasteiger partial charge in [0.05, 0.1) is 12.0 Å². The summed E-state index contributed by atoms with van der Waals surface area (Å²) < 4.78 is 0. The van der Waals surface area contributed by atoms with Crippen molar-refractivity contribution in [3.8, 4) is 0 Å². The number of rotatable bonds is 5. The number of hydrogen-bond donors (Lipinski definition) is 3. The van der Waals surface area contributed by atoms with Crippen molar-refractivity contribution in [2.45, 2.75) is 50.5 Å². The molecule has 0 bridgehead atoms. The van der Waals surface area contributed by atoms with E-state index in [2.05, 4.69) is 22.8 Å². The third kappa shape index (κ3) is 3.98. The van der Waals surface area contributed by atoms with E-state index >= 15 is 0 Å². The quantitative estimate of drug-likeness (QED) is 0.666. The van der Waals surface area contributed by atoms with Crippen LogP contribution < -0.4 is 10.6 Å². The molecule has 19 heavy (non-hydrogen) atoms. The van der Waals surface area contributed by atoms with Crippen LogP contribution in [0.4, 0.5) is 4.79 Å². The number of carboxylic acid groups (broad SMARTS) is 1. The van der Waals surface area contributed by atoms with Crippen molar-refractivity contribution in [1.82, 2.24) is 10.6 Å². The molecule has 1 unspecified atom stereocenters. The van der Waals surface area contributed by atoms with E-state index in [0.29, 0.717) is 12.5 Å². The topological polar surface area (TPSA) is 78.4 Å². The van der Waals surface area contributed by atoms with Crippen LogP contribution in [0.25, 0.3) is 0 Å². The zero-order valence-corrected chi connectivity index (χ0v) is 11.2. The second-order valence-electron chi connectivity index (χ2n) is 5.69. The van der Waals surface area contributed by atoms with Crippen molar-refractivity contribution in [1.29, 1.82) is 0 Å². The maximum atomic E-state index is 11.8. The summed E-state index contributed by atoms with van der Waals surface area (Å²) in [4.78, 5) is 22.7. The molecule has 1 atom stereocenters. The fourth-order valence-electron chi connectivity index (χ4n) is 2.80. The highest BCUT2D eigenvalue weighted by Crippen LogP contribution is 2.34. The van der Waals surface area contributed by atoms with Gasteiger partial charge in [0.2, 0.25) is 0 Å². The lowest BCUT2D eigenvalue weighted by atomic mass is 9.74. The Balaban J connectivity index is 1.73. The van der Waals surface area contributed by atoms with Gasteiger partial charge < -0.3 is 15.7 Å². The molecular formula is C14H22N2O3. The molecule has 3 N–H and O–H groups in total. The predicted molar refractivity (Wildman–Crippen MR) is 71.9 cm³/mol. The van der Waals surface area contributed by atoms with Crippen LogP contribution in [0.15, 0.2) is 12.2 Å². The van der Waals surface area contributed by atoms with Crippen molar-refractivity contribution >= 4 is 12.0 Å². The second-order valence-corrected chi connectivity index (χ2v) is 5.69. The lowest BCUT2D eigenvalue weighted by molar-refractivity contribution is -0.139. The van der Waals surface area contributed by atoms with Crippen molar-refractivity contribution in [2.75, 3.05) is 6.54 Å². The Hall–Kier alpha value is -1.52. The van der Waals surface area contributed by atoms with Gasteiger partial charge in [-0.05, 0) is 44.4 Å². The van der Waals surface area contributed by atoms with Crippen molar-refractivity contribution < 1.29 is 14.7 Å². The van der Waals surface area contributed by atoms with Gasteiger partial charge in [0.25, 0.3) is 0 Å². The number of amides is 2. The van der Waals surface area contributed by atoms with E-state index in [9.17, 15) is 9.59 Å². The molecule has 0 aliphatic heterocycles. The number of allylic oxidation sites excluding steroid dienone is 2.